The maximum Gasteiger partial charge on any atom is 0.234 e. The van der Waals surface area contributed by atoms with E-state index in [0.29, 0.717) is 5.75 Å². The number of nitrogens with one attached hydrogen (secondary N) is 1. The van der Waals surface area contributed by atoms with Crippen molar-refractivity contribution in [2.24, 2.45) is 0 Å². The second-order valence-corrected chi connectivity index (χ2v) is 7.68. The summed E-state index contributed by atoms with van der Waals surface area (Å²) < 4.78 is 2.26. The minimum Gasteiger partial charge on any atom is -0.325 e. The van der Waals surface area contributed by atoms with Gasteiger partial charge in [0.15, 0.2) is 0 Å². The number of halogens is 2. The Kier molecular flexibility index (Phi) is 6.57. The van der Waals surface area contributed by atoms with Crippen molar-refractivity contribution >= 4 is 61.9 Å². The van der Waals surface area contributed by atoms with E-state index in [9.17, 15) is 4.79 Å². The van der Waals surface area contributed by atoms with Crippen LogP contribution in [0.1, 0.15) is 11.1 Å². The molecule has 0 heterocycles. The first-order chi connectivity index (χ1) is 10.1. The summed E-state index contributed by atoms with van der Waals surface area (Å²) in [7, 11) is 0. The summed E-state index contributed by atoms with van der Waals surface area (Å²) in [6.45, 7) is 2.01. The maximum atomic E-state index is 12.0. The smallest absolute Gasteiger partial charge is 0.234 e. The SMILES string of the molecule is Cc1cc(I)ccc1NC(=O)CSCc1ccccc1Br. The molecule has 0 aliphatic heterocycles. The summed E-state index contributed by atoms with van der Waals surface area (Å²) in [5.74, 6) is 1.31. The van der Waals surface area contributed by atoms with Crippen molar-refractivity contribution < 1.29 is 4.79 Å². The van der Waals surface area contributed by atoms with Gasteiger partial charge in [-0.15, -0.1) is 11.8 Å². The molecule has 0 saturated heterocycles. The number of carbonyl (C=O) groups excluding carboxylic acids is 1. The van der Waals surface area contributed by atoms with Crippen LogP contribution in [0.5, 0.6) is 0 Å². The van der Waals surface area contributed by atoms with Gasteiger partial charge in [-0.2, -0.15) is 0 Å². The summed E-state index contributed by atoms with van der Waals surface area (Å²) >= 11 is 7.40. The first-order valence-corrected chi connectivity index (χ1v) is 9.46. The standard InChI is InChI=1S/C16H15BrINOS/c1-11-8-13(18)6-7-15(11)19-16(20)10-21-9-12-4-2-3-5-14(12)17/h2-8H,9-10H2,1H3,(H,19,20). The second-order valence-electron chi connectivity index (χ2n) is 4.59. The molecule has 0 aromatic heterocycles. The molecule has 0 fully saturated rings. The Labute approximate surface area is 151 Å². The Balaban J connectivity index is 1.84. The monoisotopic (exact) mass is 475 g/mol. The van der Waals surface area contributed by atoms with Gasteiger partial charge in [-0.1, -0.05) is 34.1 Å². The maximum absolute atomic E-state index is 12.0. The van der Waals surface area contributed by atoms with Crippen molar-refractivity contribution in [3.63, 3.8) is 0 Å². The molecule has 0 unspecified atom stereocenters. The largest absolute Gasteiger partial charge is 0.325 e. The van der Waals surface area contributed by atoms with E-state index < -0.39 is 0 Å². The van der Waals surface area contributed by atoms with Crippen molar-refractivity contribution in [3.8, 4) is 0 Å². The Bertz CT molecular complexity index is 648. The van der Waals surface area contributed by atoms with E-state index in [1.807, 2.05) is 37.3 Å². The van der Waals surface area contributed by atoms with E-state index >= 15 is 0 Å². The Hall–Kier alpha value is -0.530. The molecule has 21 heavy (non-hydrogen) atoms. The van der Waals surface area contributed by atoms with Crippen LogP contribution in [-0.4, -0.2) is 11.7 Å². The van der Waals surface area contributed by atoms with Gasteiger partial charge in [-0.3, -0.25) is 4.79 Å². The summed E-state index contributed by atoms with van der Waals surface area (Å²) in [4.78, 5) is 12.0. The molecular weight excluding hydrogens is 461 g/mol. The van der Waals surface area contributed by atoms with Crippen LogP contribution in [-0.2, 0) is 10.5 Å². The molecule has 0 bridgehead atoms. The lowest BCUT2D eigenvalue weighted by molar-refractivity contribution is -0.113. The highest BCUT2D eigenvalue weighted by molar-refractivity contribution is 14.1. The van der Waals surface area contributed by atoms with Gasteiger partial charge >= 0.3 is 0 Å². The van der Waals surface area contributed by atoms with Crippen LogP contribution < -0.4 is 5.32 Å². The predicted octanol–water partition coefficient (Wildman–Crippen LogP) is 5.23. The number of hydrogen-bond acceptors (Lipinski definition) is 2. The Morgan fingerprint density at radius 3 is 2.76 bits per heavy atom. The first kappa shape index (κ1) is 16.8. The zero-order valence-electron chi connectivity index (χ0n) is 11.5. The Morgan fingerprint density at radius 1 is 1.29 bits per heavy atom. The summed E-state index contributed by atoms with van der Waals surface area (Å²) in [6, 6.07) is 14.1. The molecule has 5 heteroatoms. The number of hydrogen-bond donors (Lipinski definition) is 1. The quantitative estimate of drug-likeness (QED) is 0.599. The van der Waals surface area contributed by atoms with Crippen LogP contribution in [0.2, 0.25) is 0 Å². The molecule has 2 aromatic carbocycles. The topological polar surface area (TPSA) is 29.1 Å². The van der Waals surface area contributed by atoms with Gasteiger partial charge in [0.25, 0.3) is 0 Å². The van der Waals surface area contributed by atoms with Crippen molar-refractivity contribution in [1.29, 1.82) is 0 Å². The van der Waals surface area contributed by atoms with Gasteiger partial charge in [-0.25, -0.2) is 0 Å². The van der Waals surface area contributed by atoms with Gasteiger partial charge < -0.3 is 5.32 Å². The fourth-order valence-electron chi connectivity index (χ4n) is 1.82. The molecular formula is C16H15BrINOS. The van der Waals surface area contributed by atoms with E-state index in [-0.39, 0.29) is 5.91 Å². The highest BCUT2D eigenvalue weighted by Crippen LogP contribution is 2.22. The van der Waals surface area contributed by atoms with Crippen LogP contribution in [0.25, 0.3) is 0 Å². The molecule has 0 radical (unpaired) electrons. The fraction of sp³-hybridized carbons (Fsp3) is 0.188. The average Bonchev–Trinajstić information content (AvgIpc) is 2.44. The minimum absolute atomic E-state index is 0.0383. The van der Waals surface area contributed by atoms with Gasteiger partial charge in [-0.05, 0) is 64.9 Å². The lowest BCUT2D eigenvalue weighted by Crippen LogP contribution is -2.15. The van der Waals surface area contributed by atoms with Crippen LogP contribution in [0.15, 0.2) is 46.9 Å². The van der Waals surface area contributed by atoms with Gasteiger partial charge in [0.1, 0.15) is 0 Å². The molecule has 0 saturated carbocycles. The van der Waals surface area contributed by atoms with Crippen LogP contribution >= 0.6 is 50.3 Å². The van der Waals surface area contributed by atoms with Gasteiger partial charge in [0, 0.05) is 19.5 Å². The van der Waals surface area contributed by atoms with Crippen LogP contribution in [0, 0.1) is 10.5 Å². The molecule has 1 N–H and O–H groups in total. The minimum atomic E-state index is 0.0383. The number of anilines is 1. The highest BCUT2D eigenvalue weighted by atomic mass is 127. The third-order valence-corrected chi connectivity index (χ3v) is 5.34. The van der Waals surface area contributed by atoms with Crippen LogP contribution in [0.4, 0.5) is 5.69 Å². The third kappa shape index (κ3) is 5.30. The molecule has 0 spiro atoms. The van der Waals surface area contributed by atoms with E-state index in [0.717, 1.165) is 21.5 Å². The molecule has 1 amide bonds. The van der Waals surface area contributed by atoms with E-state index in [4.69, 9.17) is 0 Å². The molecule has 110 valence electrons. The van der Waals surface area contributed by atoms with Crippen molar-refractivity contribution in [2.75, 3.05) is 11.1 Å². The molecule has 2 nitrogen and oxygen atoms in total. The van der Waals surface area contributed by atoms with Gasteiger partial charge in [0.05, 0.1) is 5.75 Å². The van der Waals surface area contributed by atoms with Gasteiger partial charge in [0.2, 0.25) is 5.91 Å². The Morgan fingerprint density at radius 2 is 2.05 bits per heavy atom. The summed E-state index contributed by atoms with van der Waals surface area (Å²) in [5.41, 5.74) is 3.19. The van der Waals surface area contributed by atoms with E-state index in [2.05, 4.69) is 56.0 Å². The molecule has 0 aliphatic rings. The predicted molar refractivity (Wildman–Crippen MR) is 103 cm³/mol. The number of aryl methyl sites for hydroxylation is 1. The number of rotatable bonds is 5. The zero-order chi connectivity index (χ0) is 15.2. The van der Waals surface area contributed by atoms with Crippen LogP contribution in [0.3, 0.4) is 0 Å². The summed E-state index contributed by atoms with van der Waals surface area (Å²) in [6.07, 6.45) is 0. The molecule has 0 atom stereocenters. The normalized spacial score (nSPS) is 10.4. The third-order valence-electron chi connectivity index (χ3n) is 2.91. The van der Waals surface area contributed by atoms with Crippen molar-refractivity contribution in [3.05, 3.63) is 61.6 Å². The first-order valence-electron chi connectivity index (χ1n) is 6.43. The van der Waals surface area contributed by atoms with E-state index in [1.165, 1.54) is 9.13 Å². The highest BCUT2D eigenvalue weighted by Gasteiger charge is 2.06. The van der Waals surface area contributed by atoms with Crippen molar-refractivity contribution in [1.82, 2.24) is 0 Å². The lowest BCUT2D eigenvalue weighted by Gasteiger charge is -2.09. The molecule has 2 aromatic rings. The molecule has 0 aliphatic carbocycles. The number of thioether (sulfide) groups is 1. The van der Waals surface area contributed by atoms with Crippen molar-refractivity contribution in [2.45, 2.75) is 12.7 Å². The summed E-state index contributed by atoms with van der Waals surface area (Å²) in [5, 5.41) is 2.96. The lowest BCUT2D eigenvalue weighted by atomic mass is 10.2. The second kappa shape index (κ2) is 8.19. The zero-order valence-corrected chi connectivity index (χ0v) is 16.1. The number of amides is 1. The average molecular weight is 476 g/mol. The number of benzene rings is 2. The molecule has 2 rings (SSSR count). The van der Waals surface area contributed by atoms with E-state index in [1.54, 1.807) is 11.8 Å². The fourth-order valence-corrected chi connectivity index (χ4v) is 3.91. The number of carbonyl (C=O) groups is 1.